The van der Waals surface area contributed by atoms with Crippen LogP contribution in [0.5, 0.6) is 0 Å². The minimum absolute atomic E-state index is 0.447. The van der Waals surface area contributed by atoms with Crippen LogP contribution in [0.25, 0.3) is 0 Å². The normalized spacial score (nSPS) is 13.2. The second-order valence-electron chi connectivity index (χ2n) is 7.49. The lowest BCUT2D eigenvalue weighted by atomic mass is 10.0. The van der Waals surface area contributed by atoms with Crippen LogP contribution < -0.4 is 5.32 Å². The van der Waals surface area contributed by atoms with Gasteiger partial charge in [-0.3, -0.25) is 4.79 Å². The predicted molar refractivity (Wildman–Crippen MR) is 114 cm³/mol. The third-order valence-corrected chi connectivity index (χ3v) is 5.02. The van der Waals surface area contributed by atoms with E-state index in [2.05, 4.69) is 41.5 Å². The number of isothiocyanates is 1. The summed E-state index contributed by atoms with van der Waals surface area (Å²) in [5, 5.41) is 14.9. The average molecular weight is 385 g/mol. The molecule has 0 saturated carbocycles. The summed E-state index contributed by atoms with van der Waals surface area (Å²) in [6.45, 7) is 5.90. The molecule has 0 radical (unpaired) electrons. The van der Waals surface area contributed by atoms with Crippen LogP contribution in [-0.2, 0) is 4.79 Å². The molecule has 0 aliphatic carbocycles. The maximum Gasteiger partial charge on any atom is 0.320 e. The molecule has 0 spiro atoms. The summed E-state index contributed by atoms with van der Waals surface area (Å²) in [6, 6.07) is -0.447. The molecule has 0 aromatic carbocycles. The standard InChI is InChI=1S/C21H40N2O2S/c1-3-4-5-6-7-8-9-10-11-14-19(2)17-23-20(21(24)25)15-12-13-16-22-18-26/h19-20,23H,3-17H2,1-2H3,(H,24,25). The van der Waals surface area contributed by atoms with Gasteiger partial charge >= 0.3 is 5.97 Å². The molecule has 0 aliphatic heterocycles. The molecule has 4 nitrogen and oxygen atoms in total. The van der Waals surface area contributed by atoms with Crippen LogP contribution in [0.1, 0.15) is 97.3 Å². The van der Waals surface area contributed by atoms with Gasteiger partial charge in [0.25, 0.3) is 0 Å². The van der Waals surface area contributed by atoms with Gasteiger partial charge in [0.1, 0.15) is 6.04 Å². The van der Waals surface area contributed by atoms with Gasteiger partial charge in [-0.05, 0) is 50.4 Å². The van der Waals surface area contributed by atoms with E-state index in [4.69, 9.17) is 0 Å². The zero-order valence-electron chi connectivity index (χ0n) is 17.0. The van der Waals surface area contributed by atoms with Crippen LogP contribution in [-0.4, -0.2) is 35.4 Å². The first-order chi connectivity index (χ1) is 12.6. The van der Waals surface area contributed by atoms with Gasteiger partial charge in [0.15, 0.2) is 0 Å². The molecular formula is C21H40N2O2S. The Morgan fingerprint density at radius 1 is 1.00 bits per heavy atom. The fraction of sp³-hybridized carbons (Fsp3) is 0.905. The van der Waals surface area contributed by atoms with Crippen LogP contribution in [0, 0.1) is 5.92 Å². The summed E-state index contributed by atoms with van der Waals surface area (Å²) in [6.07, 6.45) is 15.7. The van der Waals surface area contributed by atoms with Crippen molar-refractivity contribution in [3.05, 3.63) is 0 Å². The van der Waals surface area contributed by atoms with Gasteiger partial charge in [0.05, 0.1) is 5.16 Å². The lowest BCUT2D eigenvalue weighted by Gasteiger charge is -2.18. The number of hydrogen-bond donors (Lipinski definition) is 2. The number of carboxylic acid groups (broad SMARTS) is 1. The number of nitrogens with one attached hydrogen (secondary N) is 1. The van der Waals surface area contributed by atoms with Crippen molar-refractivity contribution in [2.75, 3.05) is 13.1 Å². The lowest BCUT2D eigenvalue weighted by Crippen LogP contribution is -2.39. The molecule has 2 N–H and O–H groups in total. The number of nitrogens with zero attached hydrogens (tertiary/aromatic N) is 1. The fourth-order valence-electron chi connectivity index (χ4n) is 3.15. The van der Waals surface area contributed by atoms with Crippen LogP contribution >= 0.6 is 12.2 Å². The Morgan fingerprint density at radius 3 is 2.15 bits per heavy atom. The Hall–Kier alpha value is -0.770. The quantitative estimate of drug-likeness (QED) is 0.166. The number of rotatable bonds is 19. The molecule has 0 amide bonds. The van der Waals surface area contributed by atoms with Crippen molar-refractivity contribution < 1.29 is 9.90 Å². The van der Waals surface area contributed by atoms with Crippen LogP contribution in [0.15, 0.2) is 4.99 Å². The molecule has 5 heteroatoms. The highest BCUT2D eigenvalue weighted by Gasteiger charge is 2.17. The summed E-state index contributed by atoms with van der Waals surface area (Å²) in [5.74, 6) is -0.223. The average Bonchev–Trinajstić information content (AvgIpc) is 2.62. The van der Waals surface area contributed by atoms with Crippen LogP contribution in [0.2, 0.25) is 0 Å². The van der Waals surface area contributed by atoms with E-state index in [1.807, 2.05) is 0 Å². The molecule has 0 aromatic heterocycles. The van der Waals surface area contributed by atoms with Crippen molar-refractivity contribution >= 4 is 23.3 Å². The van der Waals surface area contributed by atoms with E-state index < -0.39 is 12.0 Å². The van der Waals surface area contributed by atoms with Gasteiger partial charge in [0, 0.05) is 6.54 Å². The molecule has 0 fully saturated rings. The Morgan fingerprint density at radius 2 is 1.58 bits per heavy atom. The molecule has 0 rings (SSSR count). The first-order valence-corrected chi connectivity index (χ1v) is 11.0. The van der Waals surface area contributed by atoms with Crippen molar-refractivity contribution in [3.8, 4) is 0 Å². The van der Waals surface area contributed by atoms with Gasteiger partial charge in [-0.1, -0.05) is 71.6 Å². The number of unbranched alkanes of at least 4 members (excludes halogenated alkanes) is 9. The molecular weight excluding hydrogens is 344 g/mol. The van der Waals surface area contributed by atoms with E-state index in [0.29, 0.717) is 18.9 Å². The molecule has 26 heavy (non-hydrogen) atoms. The summed E-state index contributed by atoms with van der Waals surface area (Å²) in [4.78, 5) is 15.2. The molecule has 0 heterocycles. The molecule has 0 saturated heterocycles. The number of thiocarbonyl (C=S) groups is 1. The maximum atomic E-state index is 11.3. The predicted octanol–water partition coefficient (Wildman–Crippen LogP) is 5.86. The highest BCUT2D eigenvalue weighted by Crippen LogP contribution is 2.13. The second kappa shape index (κ2) is 19.0. The zero-order chi connectivity index (χ0) is 19.5. The Kier molecular flexibility index (Phi) is 18.4. The second-order valence-corrected chi connectivity index (χ2v) is 7.67. The van der Waals surface area contributed by atoms with Crippen molar-refractivity contribution in [2.24, 2.45) is 10.9 Å². The summed E-state index contributed by atoms with van der Waals surface area (Å²) >= 11 is 4.52. The lowest BCUT2D eigenvalue weighted by molar-refractivity contribution is -0.139. The third kappa shape index (κ3) is 16.7. The van der Waals surface area contributed by atoms with Gasteiger partial charge in [-0.2, -0.15) is 0 Å². The Bertz CT molecular complexity index is 384. The molecule has 152 valence electrons. The van der Waals surface area contributed by atoms with Crippen LogP contribution in [0.3, 0.4) is 0 Å². The SMILES string of the molecule is CCCCCCCCCCCC(C)CNC(CCCCN=C=S)C(=O)O. The van der Waals surface area contributed by atoms with Crippen molar-refractivity contribution in [3.63, 3.8) is 0 Å². The summed E-state index contributed by atoms with van der Waals surface area (Å²) in [7, 11) is 0. The maximum absolute atomic E-state index is 11.3. The number of hydrogen-bond acceptors (Lipinski definition) is 4. The van der Waals surface area contributed by atoms with Gasteiger partial charge in [0.2, 0.25) is 0 Å². The molecule has 2 atom stereocenters. The number of aliphatic imine (C=N–C) groups is 1. The minimum Gasteiger partial charge on any atom is -0.480 e. The van der Waals surface area contributed by atoms with E-state index in [-0.39, 0.29) is 0 Å². The number of carbonyl (C=O) groups is 1. The van der Waals surface area contributed by atoms with Gasteiger partial charge in [-0.15, -0.1) is 0 Å². The van der Waals surface area contributed by atoms with E-state index in [1.165, 1.54) is 64.2 Å². The highest BCUT2D eigenvalue weighted by molar-refractivity contribution is 7.78. The van der Waals surface area contributed by atoms with Gasteiger partial charge < -0.3 is 10.4 Å². The van der Waals surface area contributed by atoms with Crippen LogP contribution in [0.4, 0.5) is 0 Å². The van der Waals surface area contributed by atoms with Crippen molar-refractivity contribution in [1.29, 1.82) is 0 Å². The first-order valence-electron chi connectivity index (χ1n) is 10.6. The highest BCUT2D eigenvalue weighted by atomic mass is 32.1. The summed E-state index contributed by atoms with van der Waals surface area (Å²) < 4.78 is 0. The Labute approximate surface area is 166 Å². The minimum atomic E-state index is -0.751. The van der Waals surface area contributed by atoms with Crippen molar-refractivity contribution in [2.45, 2.75) is 103 Å². The fourth-order valence-corrected chi connectivity index (χ4v) is 3.24. The Balaban J connectivity index is 3.65. The molecule has 0 aliphatic rings. The first kappa shape index (κ1) is 25.2. The smallest absolute Gasteiger partial charge is 0.320 e. The molecule has 2 unspecified atom stereocenters. The number of aliphatic carboxylic acids is 1. The molecule has 0 aromatic rings. The van der Waals surface area contributed by atoms with Gasteiger partial charge in [-0.25, -0.2) is 4.99 Å². The van der Waals surface area contributed by atoms with E-state index in [1.54, 1.807) is 0 Å². The summed E-state index contributed by atoms with van der Waals surface area (Å²) in [5.41, 5.74) is 0. The van der Waals surface area contributed by atoms with E-state index in [9.17, 15) is 9.90 Å². The topological polar surface area (TPSA) is 61.7 Å². The number of carboxylic acids is 1. The molecule has 0 bridgehead atoms. The monoisotopic (exact) mass is 384 g/mol. The zero-order valence-corrected chi connectivity index (χ0v) is 17.8. The van der Waals surface area contributed by atoms with E-state index >= 15 is 0 Å². The largest absolute Gasteiger partial charge is 0.480 e. The van der Waals surface area contributed by atoms with Crippen molar-refractivity contribution in [1.82, 2.24) is 5.32 Å². The third-order valence-electron chi connectivity index (χ3n) is 4.89. The van der Waals surface area contributed by atoms with E-state index in [0.717, 1.165) is 19.4 Å².